The summed E-state index contributed by atoms with van der Waals surface area (Å²) in [5.41, 5.74) is 1.52. The second-order valence-corrected chi connectivity index (χ2v) is 5.38. The summed E-state index contributed by atoms with van der Waals surface area (Å²) in [6.07, 6.45) is 1.86. The predicted molar refractivity (Wildman–Crippen MR) is 74.6 cm³/mol. The van der Waals surface area contributed by atoms with Gasteiger partial charge in [0.15, 0.2) is 0 Å². The van der Waals surface area contributed by atoms with Crippen LogP contribution in [-0.4, -0.2) is 11.5 Å². The lowest BCUT2D eigenvalue weighted by molar-refractivity contribution is 0.591. The van der Waals surface area contributed by atoms with Crippen molar-refractivity contribution >= 4 is 16.6 Å². The third kappa shape index (κ3) is 2.41. The number of pyridine rings is 1. The number of rotatable bonds is 2. The van der Waals surface area contributed by atoms with E-state index in [-0.39, 0.29) is 5.41 Å². The van der Waals surface area contributed by atoms with Crippen LogP contribution in [0, 0.1) is 0 Å². The third-order valence-corrected chi connectivity index (χ3v) is 2.98. The molecule has 0 amide bonds. The van der Waals surface area contributed by atoms with Crippen molar-refractivity contribution in [1.29, 1.82) is 0 Å². The topological polar surface area (TPSA) is 24.9 Å². The van der Waals surface area contributed by atoms with Gasteiger partial charge in [-0.2, -0.15) is 0 Å². The summed E-state index contributed by atoms with van der Waals surface area (Å²) >= 11 is 0. The van der Waals surface area contributed by atoms with E-state index in [1.165, 1.54) is 16.3 Å². The van der Waals surface area contributed by atoms with E-state index in [0.717, 1.165) is 12.4 Å². The second kappa shape index (κ2) is 4.36. The fourth-order valence-electron chi connectivity index (χ4n) is 1.94. The molecule has 0 saturated carbocycles. The first-order valence-corrected chi connectivity index (χ1v) is 6.15. The number of nitrogens with zero attached hydrogens (tertiary/aromatic N) is 1. The monoisotopic (exact) mass is 228 g/mol. The maximum atomic E-state index is 4.41. The molecule has 2 nitrogen and oxygen atoms in total. The average molecular weight is 228 g/mol. The number of hydrogen-bond acceptors (Lipinski definition) is 2. The van der Waals surface area contributed by atoms with Crippen LogP contribution in [0.2, 0.25) is 0 Å². The molecule has 0 atom stereocenters. The fourth-order valence-corrected chi connectivity index (χ4v) is 1.94. The number of aromatic nitrogens is 1. The van der Waals surface area contributed by atoms with Gasteiger partial charge in [0, 0.05) is 18.1 Å². The Kier molecular flexibility index (Phi) is 3.05. The number of benzene rings is 1. The molecule has 0 spiro atoms. The van der Waals surface area contributed by atoms with E-state index in [9.17, 15) is 0 Å². The van der Waals surface area contributed by atoms with Gasteiger partial charge in [0.2, 0.25) is 0 Å². The average Bonchev–Trinajstić information content (AvgIpc) is 2.28. The first-order chi connectivity index (χ1) is 8.02. The maximum Gasteiger partial charge on any atom is 0.133 e. The molecule has 0 radical (unpaired) electrons. The Morgan fingerprint density at radius 3 is 2.59 bits per heavy atom. The number of hydrogen-bond donors (Lipinski definition) is 1. The Morgan fingerprint density at radius 1 is 1.18 bits per heavy atom. The zero-order chi connectivity index (χ0) is 12.5. The summed E-state index contributed by atoms with van der Waals surface area (Å²) in [6.45, 7) is 9.69. The summed E-state index contributed by atoms with van der Waals surface area (Å²) in [4.78, 5) is 4.41. The fraction of sp³-hybridized carbons (Fsp3) is 0.400. The van der Waals surface area contributed by atoms with Gasteiger partial charge < -0.3 is 5.32 Å². The van der Waals surface area contributed by atoms with Crippen LogP contribution < -0.4 is 5.32 Å². The third-order valence-electron chi connectivity index (χ3n) is 2.98. The highest BCUT2D eigenvalue weighted by atomic mass is 15.0. The summed E-state index contributed by atoms with van der Waals surface area (Å²) in [5, 5.41) is 5.77. The number of nitrogens with one attached hydrogen (secondary N) is 1. The van der Waals surface area contributed by atoms with Gasteiger partial charge in [0.1, 0.15) is 5.82 Å². The molecule has 2 aromatic rings. The second-order valence-electron chi connectivity index (χ2n) is 5.38. The van der Waals surface area contributed by atoms with Crippen LogP contribution in [0.15, 0.2) is 30.5 Å². The lowest BCUT2D eigenvalue weighted by Crippen LogP contribution is -2.11. The maximum absolute atomic E-state index is 4.41. The number of fused-ring (bicyclic) bond motifs is 1. The van der Waals surface area contributed by atoms with Crippen LogP contribution >= 0.6 is 0 Å². The van der Waals surface area contributed by atoms with Crippen molar-refractivity contribution in [1.82, 2.24) is 4.98 Å². The van der Waals surface area contributed by atoms with E-state index in [2.05, 4.69) is 62.3 Å². The SMILES string of the molecule is CCNc1nccc2ccc(C(C)(C)C)cc12. The Labute approximate surface area is 103 Å². The van der Waals surface area contributed by atoms with Crippen molar-refractivity contribution < 1.29 is 0 Å². The minimum atomic E-state index is 0.174. The molecule has 2 heteroatoms. The van der Waals surface area contributed by atoms with Crippen molar-refractivity contribution in [3.05, 3.63) is 36.0 Å². The molecule has 0 aliphatic heterocycles. The molecule has 0 aliphatic carbocycles. The zero-order valence-corrected chi connectivity index (χ0v) is 11.0. The smallest absolute Gasteiger partial charge is 0.133 e. The van der Waals surface area contributed by atoms with Crippen LogP contribution in [0.5, 0.6) is 0 Å². The summed E-state index contributed by atoms with van der Waals surface area (Å²) in [7, 11) is 0. The summed E-state index contributed by atoms with van der Waals surface area (Å²) in [5.74, 6) is 0.983. The van der Waals surface area contributed by atoms with E-state index >= 15 is 0 Å². The Morgan fingerprint density at radius 2 is 1.94 bits per heavy atom. The quantitative estimate of drug-likeness (QED) is 0.841. The van der Waals surface area contributed by atoms with Crippen molar-refractivity contribution in [2.45, 2.75) is 33.1 Å². The molecule has 1 N–H and O–H groups in total. The van der Waals surface area contributed by atoms with Gasteiger partial charge in [-0.15, -0.1) is 0 Å². The van der Waals surface area contributed by atoms with Crippen molar-refractivity contribution in [3.8, 4) is 0 Å². The molecule has 1 aromatic carbocycles. The Balaban J connectivity index is 2.61. The predicted octanol–water partition coefficient (Wildman–Crippen LogP) is 3.96. The van der Waals surface area contributed by atoms with Gasteiger partial charge in [0.25, 0.3) is 0 Å². The Hall–Kier alpha value is -1.57. The van der Waals surface area contributed by atoms with Gasteiger partial charge in [-0.3, -0.25) is 0 Å². The summed E-state index contributed by atoms with van der Waals surface area (Å²) in [6, 6.07) is 8.69. The van der Waals surface area contributed by atoms with Crippen LogP contribution in [0.25, 0.3) is 10.8 Å². The van der Waals surface area contributed by atoms with Gasteiger partial charge in [-0.05, 0) is 35.4 Å². The molecule has 17 heavy (non-hydrogen) atoms. The molecule has 0 unspecified atom stereocenters. The Bertz CT molecular complexity index is 524. The normalized spacial score (nSPS) is 11.8. The van der Waals surface area contributed by atoms with Crippen molar-refractivity contribution in [2.24, 2.45) is 0 Å². The van der Waals surface area contributed by atoms with Crippen LogP contribution in [0.3, 0.4) is 0 Å². The largest absolute Gasteiger partial charge is 0.370 e. The van der Waals surface area contributed by atoms with Crippen LogP contribution in [0.1, 0.15) is 33.3 Å². The molecule has 1 aromatic heterocycles. The van der Waals surface area contributed by atoms with Gasteiger partial charge in [0.05, 0.1) is 0 Å². The number of anilines is 1. The first-order valence-electron chi connectivity index (χ1n) is 6.15. The highest BCUT2D eigenvalue weighted by molar-refractivity contribution is 5.92. The van der Waals surface area contributed by atoms with Crippen LogP contribution in [0.4, 0.5) is 5.82 Å². The summed E-state index contributed by atoms with van der Waals surface area (Å²) < 4.78 is 0. The molecule has 90 valence electrons. The highest BCUT2D eigenvalue weighted by Gasteiger charge is 2.14. The lowest BCUT2D eigenvalue weighted by atomic mass is 9.86. The minimum absolute atomic E-state index is 0.174. The van der Waals surface area contributed by atoms with Gasteiger partial charge in [-0.1, -0.05) is 32.9 Å². The standard InChI is InChI=1S/C15H20N2/c1-5-16-14-13-10-12(15(2,3)4)7-6-11(13)8-9-17-14/h6-10H,5H2,1-4H3,(H,16,17). The van der Waals surface area contributed by atoms with Crippen LogP contribution in [-0.2, 0) is 5.41 Å². The van der Waals surface area contributed by atoms with Crippen molar-refractivity contribution in [3.63, 3.8) is 0 Å². The van der Waals surface area contributed by atoms with E-state index in [1.54, 1.807) is 0 Å². The molecular weight excluding hydrogens is 208 g/mol. The molecule has 0 aliphatic rings. The zero-order valence-electron chi connectivity index (χ0n) is 11.0. The lowest BCUT2D eigenvalue weighted by Gasteiger charge is -2.20. The minimum Gasteiger partial charge on any atom is -0.370 e. The van der Waals surface area contributed by atoms with E-state index in [0.29, 0.717) is 0 Å². The molecule has 0 saturated heterocycles. The molecule has 2 rings (SSSR count). The first kappa shape index (κ1) is 11.9. The molecule has 0 fully saturated rings. The van der Waals surface area contributed by atoms with E-state index < -0.39 is 0 Å². The van der Waals surface area contributed by atoms with E-state index in [4.69, 9.17) is 0 Å². The molecule has 0 bridgehead atoms. The molecular formula is C15H20N2. The van der Waals surface area contributed by atoms with Crippen molar-refractivity contribution in [2.75, 3.05) is 11.9 Å². The highest BCUT2D eigenvalue weighted by Crippen LogP contribution is 2.28. The van der Waals surface area contributed by atoms with Gasteiger partial charge in [-0.25, -0.2) is 4.98 Å². The van der Waals surface area contributed by atoms with Gasteiger partial charge >= 0.3 is 0 Å². The molecule has 1 heterocycles. The van der Waals surface area contributed by atoms with E-state index in [1.807, 2.05) is 6.20 Å².